The number of hydrogen-bond acceptors (Lipinski definition) is 6. The second-order valence-corrected chi connectivity index (χ2v) is 8.17. The molecule has 0 N–H and O–H groups in total. The SMILES string of the molecule is CCCCCC(C)CCCC(CCCCC)CCC(=O)OCCCC.O=C=O.O=C=O. The van der Waals surface area contributed by atoms with Crippen LogP contribution in [0, 0.1) is 11.8 Å². The second kappa shape index (κ2) is 30.4. The highest BCUT2D eigenvalue weighted by molar-refractivity contribution is 5.69. The molecular formula is C25H46O6. The third-order valence-electron chi connectivity index (χ3n) is 5.34. The van der Waals surface area contributed by atoms with Gasteiger partial charge >= 0.3 is 18.3 Å². The minimum Gasteiger partial charge on any atom is -0.466 e. The van der Waals surface area contributed by atoms with E-state index in [4.69, 9.17) is 23.9 Å². The van der Waals surface area contributed by atoms with Crippen LogP contribution in [0.2, 0.25) is 0 Å². The lowest BCUT2D eigenvalue weighted by molar-refractivity contribution is -0.193. The molecule has 2 atom stereocenters. The van der Waals surface area contributed by atoms with Crippen molar-refractivity contribution >= 4 is 18.3 Å². The van der Waals surface area contributed by atoms with E-state index in [9.17, 15) is 4.79 Å². The third kappa shape index (κ3) is 33.1. The Kier molecular flexibility index (Phi) is 33.2. The Morgan fingerprint density at radius 1 is 0.677 bits per heavy atom. The molecule has 6 nitrogen and oxygen atoms in total. The molecule has 0 amide bonds. The largest absolute Gasteiger partial charge is 0.466 e. The van der Waals surface area contributed by atoms with Crippen LogP contribution in [-0.2, 0) is 28.7 Å². The van der Waals surface area contributed by atoms with Crippen LogP contribution in [0.3, 0.4) is 0 Å². The van der Waals surface area contributed by atoms with Gasteiger partial charge in [-0.05, 0) is 24.7 Å². The van der Waals surface area contributed by atoms with Crippen molar-refractivity contribution in [1.29, 1.82) is 0 Å². The van der Waals surface area contributed by atoms with E-state index in [1.54, 1.807) is 0 Å². The molecule has 0 radical (unpaired) electrons. The minimum atomic E-state index is 0.0156. The van der Waals surface area contributed by atoms with E-state index in [1.807, 2.05) is 0 Å². The second-order valence-electron chi connectivity index (χ2n) is 8.17. The molecule has 0 aromatic carbocycles. The first-order valence-electron chi connectivity index (χ1n) is 12.1. The highest BCUT2D eigenvalue weighted by atomic mass is 16.5. The smallest absolute Gasteiger partial charge is 0.373 e. The lowest BCUT2D eigenvalue weighted by atomic mass is 9.89. The van der Waals surface area contributed by atoms with Crippen LogP contribution in [0.15, 0.2) is 0 Å². The molecule has 6 heteroatoms. The topological polar surface area (TPSA) is 94.6 Å². The van der Waals surface area contributed by atoms with Crippen LogP contribution in [0.4, 0.5) is 0 Å². The van der Waals surface area contributed by atoms with Gasteiger partial charge in [-0.3, -0.25) is 4.79 Å². The predicted octanol–water partition coefficient (Wildman–Crippen LogP) is 6.53. The number of carbonyl (C=O) groups excluding carboxylic acids is 5. The lowest BCUT2D eigenvalue weighted by Crippen LogP contribution is -2.10. The molecule has 0 heterocycles. The molecule has 0 spiro atoms. The standard InChI is InChI=1S/C23H46O2.2CO2/c1-5-8-11-14-21(4)15-13-17-22(16-12-9-6-2)18-19-23(24)25-20-10-7-3;2*2-1-3/h21-22H,5-20H2,1-4H3;;. The van der Waals surface area contributed by atoms with Gasteiger partial charge in [-0.2, -0.15) is 19.2 Å². The summed E-state index contributed by atoms with van der Waals surface area (Å²) in [5, 5.41) is 0. The predicted molar refractivity (Wildman–Crippen MR) is 120 cm³/mol. The molecule has 0 aliphatic rings. The summed E-state index contributed by atoms with van der Waals surface area (Å²) in [6.45, 7) is 9.68. The zero-order chi connectivity index (χ0) is 24.2. The number of unbranched alkanes of at least 4 members (excludes halogenated alkanes) is 5. The first kappa shape index (κ1) is 33.9. The van der Waals surface area contributed by atoms with Gasteiger partial charge in [0, 0.05) is 6.42 Å². The van der Waals surface area contributed by atoms with Gasteiger partial charge in [0.2, 0.25) is 0 Å². The fourth-order valence-corrected chi connectivity index (χ4v) is 3.48. The van der Waals surface area contributed by atoms with Crippen LogP contribution in [0.1, 0.15) is 124 Å². The Morgan fingerprint density at radius 3 is 1.65 bits per heavy atom. The van der Waals surface area contributed by atoms with E-state index in [0.29, 0.717) is 18.9 Å². The van der Waals surface area contributed by atoms with Crippen molar-refractivity contribution in [3.05, 3.63) is 0 Å². The Labute approximate surface area is 189 Å². The maximum atomic E-state index is 11.9. The highest BCUT2D eigenvalue weighted by Crippen LogP contribution is 2.24. The third-order valence-corrected chi connectivity index (χ3v) is 5.34. The average molecular weight is 443 g/mol. The summed E-state index contributed by atoms with van der Waals surface area (Å²) >= 11 is 0. The average Bonchev–Trinajstić information content (AvgIpc) is 2.73. The van der Waals surface area contributed by atoms with Crippen molar-refractivity contribution < 1.29 is 28.7 Å². The molecule has 0 aliphatic heterocycles. The summed E-state index contributed by atoms with van der Waals surface area (Å²) in [7, 11) is 0. The summed E-state index contributed by atoms with van der Waals surface area (Å²) in [5.41, 5.74) is 0. The van der Waals surface area contributed by atoms with E-state index >= 15 is 0 Å². The van der Waals surface area contributed by atoms with Gasteiger partial charge in [-0.1, -0.05) is 105 Å². The number of ether oxygens (including phenoxy) is 1. The molecule has 0 aromatic rings. The molecular weight excluding hydrogens is 396 g/mol. The molecule has 0 rings (SSSR count). The quantitative estimate of drug-likeness (QED) is 0.177. The van der Waals surface area contributed by atoms with Crippen LogP contribution in [-0.4, -0.2) is 24.9 Å². The van der Waals surface area contributed by atoms with Gasteiger partial charge in [0.15, 0.2) is 0 Å². The lowest BCUT2D eigenvalue weighted by Gasteiger charge is -2.18. The molecule has 0 aromatic heterocycles. The van der Waals surface area contributed by atoms with Crippen LogP contribution in [0.5, 0.6) is 0 Å². The maximum absolute atomic E-state index is 11.9. The summed E-state index contributed by atoms with van der Waals surface area (Å²) in [6.07, 6.45) is 18.9. The Morgan fingerprint density at radius 2 is 1.13 bits per heavy atom. The summed E-state index contributed by atoms with van der Waals surface area (Å²) in [6, 6.07) is 0. The van der Waals surface area contributed by atoms with E-state index < -0.39 is 0 Å². The first-order chi connectivity index (χ1) is 15.0. The summed E-state index contributed by atoms with van der Waals surface area (Å²) in [4.78, 5) is 44.4. The molecule has 31 heavy (non-hydrogen) atoms. The number of esters is 1. The van der Waals surface area contributed by atoms with Gasteiger partial charge in [0.1, 0.15) is 0 Å². The Hall–Kier alpha value is -1.77. The van der Waals surface area contributed by atoms with Crippen molar-refractivity contribution in [1.82, 2.24) is 0 Å². The van der Waals surface area contributed by atoms with E-state index in [2.05, 4.69) is 27.7 Å². The normalized spacial score (nSPS) is 11.5. The number of rotatable bonds is 18. The van der Waals surface area contributed by atoms with Crippen LogP contribution >= 0.6 is 0 Å². The van der Waals surface area contributed by atoms with Gasteiger partial charge in [-0.25, -0.2) is 0 Å². The highest BCUT2D eigenvalue weighted by Gasteiger charge is 2.13. The molecule has 2 unspecified atom stereocenters. The van der Waals surface area contributed by atoms with Crippen molar-refractivity contribution in [3.63, 3.8) is 0 Å². The van der Waals surface area contributed by atoms with Crippen LogP contribution in [0.25, 0.3) is 0 Å². The molecule has 0 fully saturated rings. The molecule has 0 bridgehead atoms. The van der Waals surface area contributed by atoms with Crippen molar-refractivity contribution in [2.45, 2.75) is 124 Å². The van der Waals surface area contributed by atoms with Gasteiger partial charge < -0.3 is 4.74 Å². The van der Waals surface area contributed by atoms with E-state index in [0.717, 1.165) is 25.2 Å². The summed E-state index contributed by atoms with van der Waals surface area (Å²) in [5.74, 6) is 1.59. The van der Waals surface area contributed by atoms with Crippen LogP contribution < -0.4 is 0 Å². The van der Waals surface area contributed by atoms with Gasteiger partial charge in [0.25, 0.3) is 0 Å². The van der Waals surface area contributed by atoms with E-state index in [1.165, 1.54) is 70.6 Å². The number of carbonyl (C=O) groups is 1. The van der Waals surface area contributed by atoms with Crippen molar-refractivity contribution in [2.24, 2.45) is 11.8 Å². The monoisotopic (exact) mass is 442 g/mol. The molecule has 0 saturated heterocycles. The molecule has 0 saturated carbocycles. The minimum absolute atomic E-state index is 0.0156. The Bertz CT molecular complexity index is 425. The van der Waals surface area contributed by atoms with Gasteiger partial charge in [0.05, 0.1) is 6.61 Å². The van der Waals surface area contributed by atoms with Crippen molar-refractivity contribution in [3.8, 4) is 0 Å². The van der Waals surface area contributed by atoms with Gasteiger partial charge in [-0.15, -0.1) is 0 Å². The van der Waals surface area contributed by atoms with E-state index in [-0.39, 0.29) is 18.3 Å². The van der Waals surface area contributed by atoms with Crippen molar-refractivity contribution in [2.75, 3.05) is 6.61 Å². The molecule has 182 valence electrons. The Balaban J connectivity index is -0.00000116. The fraction of sp³-hybridized carbons (Fsp3) is 0.880. The first-order valence-corrected chi connectivity index (χ1v) is 12.1. The number of hydrogen-bond donors (Lipinski definition) is 0. The zero-order valence-electron chi connectivity index (χ0n) is 20.4. The maximum Gasteiger partial charge on any atom is 0.373 e. The fourth-order valence-electron chi connectivity index (χ4n) is 3.48. The molecule has 0 aliphatic carbocycles. The summed E-state index contributed by atoms with van der Waals surface area (Å²) < 4.78 is 5.32. The zero-order valence-corrected chi connectivity index (χ0v) is 20.4.